The second-order valence-corrected chi connectivity index (χ2v) is 3.56. The Hall–Kier alpha value is -1.49. The standard InChI is InChI=1S/C11H14F2N2O/c1-3-8(14)11(16)15-10-7(12)5-4-6(2)9(10)13/h4-5,8H,3,14H2,1-2H3,(H,15,16)/t8-/m1/s1. The van der Waals surface area contributed by atoms with E-state index in [2.05, 4.69) is 5.32 Å². The molecule has 0 fully saturated rings. The van der Waals surface area contributed by atoms with Crippen LogP contribution in [0.4, 0.5) is 14.5 Å². The van der Waals surface area contributed by atoms with Crippen LogP contribution in [0, 0.1) is 18.6 Å². The molecule has 1 rings (SSSR count). The molecule has 0 saturated heterocycles. The normalized spacial score (nSPS) is 12.3. The van der Waals surface area contributed by atoms with Crippen molar-refractivity contribution in [2.75, 3.05) is 5.32 Å². The number of carbonyl (C=O) groups excluding carboxylic acids is 1. The zero-order chi connectivity index (χ0) is 12.3. The first-order chi connectivity index (χ1) is 7.47. The Balaban J connectivity index is 2.97. The number of hydrogen-bond acceptors (Lipinski definition) is 2. The quantitative estimate of drug-likeness (QED) is 0.830. The summed E-state index contributed by atoms with van der Waals surface area (Å²) in [5.41, 5.74) is 5.27. The van der Waals surface area contributed by atoms with E-state index in [1.165, 1.54) is 13.0 Å². The topological polar surface area (TPSA) is 55.1 Å². The summed E-state index contributed by atoms with van der Waals surface area (Å²) in [5, 5.41) is 2.16. The summed E-state index contributed by atoms with van der Waals surface area (Å²) in [7, 11) is 0. The number of halogens is 2. The van der Waals surface area contributed by atoms with Gasteiger partial charge in [-0.25, -0.2) is 8.78 Å². The maximum absolute atomic E-state index is 13.5. The number of nitrogens with one attached hydrogen (secondary N) is 1. The number of rotatable bonds is 3. The molecule has 3 N–H and O–H groups in total. The molecule has 0 aromatic heterocycles. The van der Waals surface area contributed by atoms with Crippen molar-refractivity contribution in [2.45, 2.75) is 26.3 Å². The molecule has 0 saturated carbocycles. The third-order valence-corrected chi connectivity index (χ3v) is 2.31. The molecule has 1 amide bonds. The van der Waals surface area contributed by atoms with Gasteiger partial charge in [0.15, 0.2) is 5.82 Å². The summed E-state index contributed by atoms with van der Waals surface area (Å²) in [4.78, 5) is 11.4. The van der Waals surface area contributed by atoms with E-state index < -0.39 is 29.3 Å². The molecule has 1 aromatic rings. The molecule has 1 atom stereocenters. The molecule has 0 radical (unpaired) electrons. The van der Waals surface area contributed by atoms with Gasteiger partial charge in [0, 0.05) is 0 Å². The second-order valence-electron chi connectivity index (χ2n) is 3.56. The van der Waals surface area contributed by atoms with Crippen LogP contribution in [0.1, 0.15) is 18.9 Å². The summed E-state index contributed by atoms with van der Waals surface area (Å²) >= 11 is 0. The molecule has 0 unspecified atom stereocenters. The minimum absolute atomic E-state index is 0.266. The lowest BCUT2D eigenvalue weighted by Gasteiger charge is -2.12. The molecule has 16 heavy (non-hydrogen) atoms. The average Bonchev–Trinajstić information content (AvgIpc) is 2.28. The summed E-state index contributed by atoms with van der Waals surface area (Å²) in [6, 6.07) is 1.64. The maximum Gasteiger partial charge on any atom is 0.241 e. The van der Waals surface area contributed by atoms with Crippen LogP contribution in [0.2, 0.25) is 0 Å². The molecular formula is C11H14F2N2O. The summed E-state index contributed by atoms with van der Waals surface area (Å²) < 4.78 is 26.8. The minimum atomic E-state index is -0.806. The van der Waals surface area contributed by atoms with E-state index in [9.17, 15) is 13.6 Å². The van der Waals surface area contributed by atoms with Crippen molar-refractivity contribution in [1.82, 2.24) is 0 Å². The van der Waals surface area contributed by atoms with Crippen molar-refractivity contribution in [1.29, 1.82) is 0 Å². The van der Waals surface area contributed by atoms with Gasteiger partial charge in [0.2, 0.25) is 5.91 Å². The molecule has 0 aliphatic carbocycles. The highest BCUT2D eigenvalue weighted by Gasteiger charge is 2.17. The van der Waals surface area contributed by atoms with Crippen molar-refractivity contribution in [3.05, 3.63) is 29.3 Å². The molecule has 0 heterocycles. The Morgan fingerprint density at radius 2 is 2.12 bits per heavy atom. The Morgan fingerprint density at radius 3 is 2.69 bits per heavy atom. The molecule has 0 spiro atoms. The van der Waals surface area contributed by atoms with E-state index in [1.807, 2.05) is 0 Å². The lowest BCUT2D eigenvalue weighted by atomic mass is 10.1. The van der Waals surface area contributed by atoms with Gasteiger partial charge < -0.3 is 11.1 Å². The summed E-state index contributed by atoms with van der Waals surface area (Å²) in [6.45, 7) is 3.21. The SMILES string of the molecule is CC[C@@H](N)C(=O)Nc1c(F)ccc(C)c1F. The van der Waals surface area contributed by atoms with Crippen LogP contribution in [0.5, 0.6) is 0 Å². The third-order valence-electron chi connectivity index (χ3n) is 2.31. The van der Waals surface area contributed by atoms with Gasteiger partial charge in [0.25, 0.3) is 0 Å². The van der Waals surface area contributed by atoms with Gasteiger partial charge in [0.05, 0.1) is 6.04 Å². The van der Waals surface area contributed by atoms with E-state index in [0.717, 1.165) is 6.07 Å². The maximum atomic E-state index is 13.5. The van der Waals surface area contributed by atoms with Crippen LogP contribution in [-0.2, 0) is 4.79 Å². The Morgan fingerprint density at radius 1 is 1.50 bits per heavy atom. The molecule has 5 heteroatoms. The van der Waals surface area contributed by atoms with Gasteiger partial charge in [-0.1, -0.05) is 13.0 Å². The molecular weight excluding hydrogens is 214 g/mol. The Labute approximate surface area is 92.6 Å². The lowest BCUT2D eigenvalue weighted by molar-refractivity contribution is -0.117. The van der Waals surface area contributed by atoms with E-state index >= 15 is 0 Å². The highest BCUT2D eigenvalue weighted by Crippen LogP contribution is 2.21. The van der Waals surface area contributed by atoms with Crippen LogP contribution >= 0.6 is 0 Å². The van der Waals surface area contributed by atoms with Gasteiger partial charge in [-0.2, -0.15) is 0 Å². The minimum Gasteiger partial charge on any atom is -0.320 e. The van der Waals surface area contributed by atoms with Gasteiger partial charge in [-0.3, -0.25) is 4.79 Å². The molecule has 0 aliphatic rings. The van der Waals surface area contributed by atoms with Crippen molar-refractivity contribution < 1.29 is 13.6 Å². The molecule has 1 aromatic carbocycles. The second kappa shape index (κ2) is 5.03. The van der Waals surface area contributed by atoms with E-state index in [1.54, 1.807) is 6.92 Å². The fourth-order valence-electron chi connectivity index (χ4n) is 1.17. The van der Waals surface area contributed by atoms with Crippen LogP contribution < -0.4 is 11.1 Å². The summed E-state index contributed by atoms with van der Waals surface area (Å²) in [6.07, 6.45) is 0.404. The third kappa shape index (κ3) is 2.55. The predicted octanol–water partition coefficient (Wildman–Crippen LogP) is 1.95. The monoisotopic (exact) mass is 228 g/mol. The van der Waals surface area contributed by atoms with Crippen LogP contribution in [0.25, 0.3) is 0 Å². The van der Waals surface area contributed by atoms with Gasteiger partial charge in [0.1, 0.15) is 11.5 Å². The highest BCUT2D eigenvalue weighted by molar-refractivity contribution is 5.94. The first-order valence-electron chi connectivity index (χ1n) is 4.98. The first-order valence-corrected chi connectivity index (χ1v) is 4.98. The van der Waals surface area contributed by atoms with Gasteiger partial charge in [-0.05, 0) is 25.0 Å². The highest BCUT2D eigenvalue weighted by atomic mass is 19.1. The number of nitrogens with two attached hydrogens (primary N) is 1. The summed E-state index contributed by atoms with van der Waals surface area (Å²) in [5.74, 6) is -2.16. The number of hydrogen-bond donors (Lipinski definition) is 2. The smallest absolute Gasteiger partial charge is 0.241 e. The van der Waals surface area contributed by atoms with Crippen LogP contribution in [-0.4, -0.2) is 11.9 Å². The van der Waals surface area contributed by atoms with E-state index in [-0.39, 0.29) is 5.56 Å². The zero-order valence-corrected chi connectivity index (χ0v) is 9.18. The van der Waals surface area contributed by atoms with Crippen LogP contribution in [0.15, 0.2) is 12.1 Å². The van der Waals surface area contributed by atoms with Crippen molar-refractivity contribution in [3.63, 3.8) is 0 Å². The van der Waals surface area contributed by atoms with Crippen molar-refractivity contribution >= 4 is 11.6 Å². The van der Waals surface area contributed by atoms with E-state index in [0.29, 0.717) is 6.42 Å². The number of carbonyl (C=O) groups is 1. The lowest BCUT2D eigenvalue weighted by Crippen LogP contribution is -2.35. The average molecular weight is 228 g/mol. The van der Waals surface area contributed by atoms with Crippen LogP contribution in [0.3, 0.4) is 0 Å². The molecule has 0 bridgehead atoms. The number of aryl methyl sites for hydroxylation is 1. The van der Waals surface area contributed by atoms with Crippen molar-refractivity contribution in [3.8, 4) is 0 Å². The van der Waals surface area contributed by atoms with Gasteiger partial charge >= 0.3 is 0 Å². The first kappa shape index (κ1) is 12.6. The van der Waals surface area contributed by atoms with Gasteiger partial charge in [-0.15, -0.1) is 0 Å². The van der Waals surface area contributed by atoms with Crippen molar-refractivity contribution in [2.24, 2.45) is 5.73 Å². The zero-order valence-electron chi connectivity index (χ0n) is 9.18. The number of anilines is 1. The molecule has 0 aliphatic heterocycles. The Bertz CT molecular complexity index is 407. The largest absolute Gasteiger partial charge is 0.320 e. The fourth-order valence-corrected chi connectivity index (χ4v) is 1.17. The Kier molecular flexibility index (Phi) is 3.95. The number of amides is 1. The van der Waals surface area contributed by atoms with E-state index in [4.69, 9.17) is 5.73 Å². The predicted molar refractivity (Wildman–Crippen MR) is 58.0 cm³/mol. The molecule has 88 valence electrons. The molecule has 3 nitrogen and oxygen atoms in total. The number of benzene rings is 1. The fraction of sp³-hybridized carbons (Fsp3) is 0.364.